The van der Waals surface area contributed by atoms with Gasteiger partial charge in [0.2, 0.25) is 0 Å². The first kappa shape index (κ1) is 20.8. The molecule has 2 rings (SSSR count). The van der Waals surface area contributed by atoms with Crippen molar-refractivity contribution in [1.29, 1.82) is 0 Å². The molecule has 1 saturated carbocycles. The minimum atomic E-state index is -0.660. The number of carbonyl (C=O) groups is 2. The van der Waals surface area contributed by atoms with E-state index >= 15 is 0 Å². The summed E-state index contributed by atoms with van der Waals surface area (Å²) in [6.45, 7) is 3.59. The number of rotatable bonds is 7. The Labute approximate surface area is 165 Å². The molecular formula is C19H27Cl2N3O2. The number of halogens is 2. The van der Waals surface area contributed by atoms with Crippen molar-refractivity contribution in [1.82, 2.24) is 16.0 Å². The molecule has 7 heteroatoms. The lowest BCUT2D eigenvalue weighted by atomic mass is 9.80. The topological polar surface area (TPSA) is 70.2 Å². The number of carbonyl (C=O) groups excluding carboxylic acids is 2. The van der Waals surface area contributed by atoms with Gasteiger partial charge in [0.15, 0.2) is 0 Å². The summed E-state index contributed by atoms with van der Waals surface area (Å²) in [5.74, 6) is 0.146. The summed E-state index contributed by atoms with van der Waals surface area (Å²) >= 11 is 13.2. The second-order valence-corrected chi connectivity index (χ2v) is 8.11. The molecule has 144 valence electrons. The van der Waals surface area contributed by atoms with E-state index in [1.165, 1.54) is 0 Å². The molecule has 3 N–H and O–H groups in total. The van der Waals surface area contributed by atoms with E-state index in [9.17, 15) is 9.59 Å². The first-order valence-corrected chi connectivity index (χ1v) is 9.94. The molecule has 1 aromatic carbocycles. The Morgan fingerprint density at radius 1 is 1.19 bits per heavy atom. The van der Waals surface area contributed by atoms with E-state index < -0.39 is 4.87 Å². The van der Waals surface area contributed by atoms with Crippen LogP contribution in [0.5, 0.6) is 0 Å². The zero-order chi connectivity index (χ0) is 19.0. The van der Waals surface area contributed by atoms with Gasteiger partial charge in [-0.15, -0.1) is 23.2 Å². The molecule has 1 aliphatic carbocycles. The fourth-order valence-electron chi connectivity index (χ4n) is 3.06. The molecule has 5 nitrogen and oxygen atoms in total. The number of benzene rings is 1. The van der Waals surface area contributed by atoms with Gasteiger partial charge >= 0.3 is 6.03 Å². The molecule has 0 radical (unpaired) electrons. The summed E-state index contributed by atoms with van der Waals surface area (Å²) in [5, 5.41) is 8.30. The molecule has 0 bridgehead atoms. The third kappa shape index (κ3) is 6.06. The van der Waals surface area contributed by atoms with Gasteiger partial charge in [-0.05, 0) is 43.7 Å². The van der Waals surface area contributed by atoms with E-state index in [-0.39, 0.29) is 17.3 Å². The van der Waals surface area contributed by atoms with Gasteiger partial charge in [-0.2, -0.15) is 0 Å². The van der Waals surface area contributed by atoms with Gasteiger partial charge in [0.1, 0.15) is 0 Å². The highest BCUT2D eigenvalue weighted by atomic mass is 35.5. The van der Waals surface area contributed by atoms with Crippen LogP contribution in [0, 0.1) is 5.92 Å². The molecule has 3 atom stereocenters. The van der Waals surface area contributed by atoms with Crippen molar-refractivity contribution in [3.05, 3.63) is 35.9 Å². The second-order valence-electron chi connectivity index (χ2n) is 6.83. The summed E-state index contributed by atoms with van der Waals surface area (Å²) in [6.07, 6.45) is 3.17. The van der Waals surface area contributed by atoms with Crippen LogP contribution in [-0.4, -0.2) is 41.8 Å². The van der Waals surface area contributed by atoms with Crippen LogP contribution in [0.25, 0.3) is 0 Å². The lowest BCUT2D eigenvalue weighted by Gasteiger charge is -2.39. The van der Waals surface area contributed by atoms with Gasteiger partial charge in [-0.1, -0.05) is 25.1 Å². The Bertz CT molecular complexity index is 600. The van der Waals surface area contributed by atoms with Gasteiger partial charge in [0, 0.05) is 25.2 Å². The van der Waals surface area contributed by atoms with Crippen LogP contribution in [0.4, 0.5) is 4.79 Å². The molecule has 1 aliphatic rings. The molecular weight excluding hydrogens is 373 g/mol. The lowest BCUT2D eigenvalue weighted by molar-refractivity contribution is 0.0945. The average molecular weight is 400 g/mol. The van der Waals surface area contributed by atoms with Crippen molar-refractivity contribution in [2.75, 3.05) is 19.6 Å². The molecule has 0 saturated heterocycles. The maximum Gasteiger partial charge on any atom is 0.314 e. The molecule has 0 heterocycles. The minimum absolute atomic E-state index is 0.143. The molecule has 26 heavy (non-hydrogen) atoms. The molecule has 0 spiro atoms. The fraction of sp³-hybridized carbons (Fsp3) is 0.579. The molecule has 1 aromatic rings. The number of nitrogens with one attached hydrogen (secondary N) is 3. The second kappa shape index (κ2) is 10.0. The van der Waals surface area contributed by atoms with Crippen molar-refractivity contribution >= 4 is 35.1 Å². The number of hydrogen-bond donors (Lipinski definition) is 3. The van der Waals surface area contributed by atoms with Gasteiger partial charge in [-0.3, -0.25) is 4.79 Å². The average Bonchev–Trinajstić information content (AvgIpc) is 2.66. The zero-order valence-electron chi connectivity index (χ0n) is 15.1. The summed E-state index contributed by atoms with van der Waals surface area (Å²) in [5.41, 5.74) is 0.606. The largest absolute Gasteiger partial charge is 0.350 e. The van der Waals surface area contributed by atoms with E-state index in [1.54, 1.807) is 12.1 Å². The number of amides is 3. The Hall–Kier alpha value is -1.46. The third-order valence-corrected chi connectivity index (χ3v) is 6.03. The van der Waals surface area contributed by atoms with E-state index in [0.717, 1.165) is 12.8 Å². The first-order valence-electron chi connectivity index (χ1n) is 9.12. The summed E-state index contributed by atoms with van der Waals surface area (Å²) in [4.78, 5) is 23.2. The minimum Gasteiger partial charge on any atom is -0.350 e. The van der Waals surface area contributed by atoms with E-state index in [4.69, 9.17) is 23.2 Å². The van der Waals surface area contributed by atoms with Gasteiger partial charge in [-0.25, -0.2) is 4.79 Å². The van der Waals surface area contributed by atoms with Crippen LogP contribution in [-0.2, 0) is 0 Å². The third-order valence-electron chi connectivity index (χ3n) is 4.74. The van der Waals surface area contributed by atoms with Crippen molar-refractivity contribution in [2.24, 2.45) is 5.92 Å². The van der Waals surface area contributed by atoms with Crippen LogP contribution < -0.4 is 16.0 Å². The number of urea groups is 1. The standard InChI is InChI=1S/C19H27Cl2N3O2/c1-2-10-22-18(26)23-12-14-8-9-19(21,16(20)11-14)13-24-17(25)15-6-4-3-5-7-15/h3-7,14,16H,2,8-13H2,1H3,(H,24,25)(H2,22,23,26). The Kier molecular flexibility index (Phi) is 8.04. The molecule has 0 aromatic heterocycles. The van der Waals surface area contributed by atoms with Crippen molar-refractivity contribution in [3.8, 4) is 0 Å². The number of alkyl halides is 2. The zero-order valence-corrected chi connectivity index (χ0v) is 16.6. The van der Waals surface area contributed by atoms with Crippen LogP contribution in [0.3, 0.4) is 0 Å². The summed E-state index contributed by atoms with van der Waals surface area (Å²) < 4.78 is 0. The van der Waals surface area contributed by atoms with Crippen molar-refractivity contribution in [2.45, 2.75) is 42.9 Å². The monoisotopic (exact) mass is 399 g/mol. The van der Waals surface area contributed by atoms with Crippen molar-refractivity contribution < 1.29 is 9.59 Å². The smallest absolute Gasteiger partial charge is 0.314 e. The Balaban J connectivity index is 1.77. The predicted molar refractivity (Wildman–Crippen MR) is 106 cm³/mol. The maximum atomic E-state index is 12.2. The molecule has 0 aliphatic heterocycles. The SMILES string of the molecule is CCCNC(=O)NCC1CCC(Cl)(CNC(=O)c2ccccc2)C(Cl)C1. The first-order chi connectivity index (χ1) is 12.4. The predicted octanol–water partition coefficient (Wildman–Crippen LogP) is 3.51. The van der Waals surface area contributed by atoms with Gasteiger partial charge < -0.3 is 16.0 Å². The molecule has 3 unspecified atom stereocenters. The van der Waals surface area contributed by atoms with E-state index in [2.05, 4.69) is 16.0 Å². The summed E-state index contributed by atoms with van der Waals surface area (Å²) in [6, 6.07) is 8.90. The fourth-order valence-corrected chi connectivity index (χ4v) is 3.77. The highest BCUT2D eigenvalue weighted by Crippen LogP contribution is 2.40. The normalized spacial score (nSPS) is 25.3. The molecule has 1 fully saturated rings. The van der Waals surface area contributed by atoms with E-state index in [0.29, 0.717) is 44.0 Å². The van der Waals surface area contributed by atoms with Gasteiger partial charge in [0.05, 0.1) is 10.3 Å². The summed E-state index contributed by atoms with van der Waals surface area (Å²) in [7, 11) is 0. The molecule has 3 amide bonds. The number of hydrogen-bond acceptors (Lipinski definition) is 2. The van der Waals surface area contributed by atoms with Gasteiger partial charge in [0.25, 0.3) is 5.91 Å². The quantitative estimate of drug-likeness (QED) is 0.613. The Morgan fingerprint density at radius 3 is 2.58 bits per heavy atom. The van der Waals surface area contributed by atoms with Crippen LogP contribution in [0.15, 0.2) is 30.3 Å². The van der Waals surface area contributed by atoms with Crippen LogP contribution >= 0.6 is 23.2 Å². The highest BCUT2D eigenvalue weighted by molar-refractivity contribution is 6.33. The van der Waals surface area contributed by atoms with Crippen LogP contribution in [0.2, 0.25) is 0 Å². The Morgan fingerprint density at radius 2 is 1.92 bits per heavy atom. The van der Waals surface area contributed by atoms with E-state index in [1.807, 2.05) is 25.1 Å². The van der Waals surface area contributed by atoms with Crippen LogP contribution in [0.1, 0.15) is 43.0 Å². The van der Waals surface area contributed by atoms with Crippen molar-refractivity contribution in [3.63, 3.8) is 0 Å². The highest BCUT2D eigenvalue weighted by Gasteiger charge is 2.41. The maximum absolute atomic E-state index is 12.2. The lowest BCUT2D eigenvalue weighted by Crippen LogP contribution is -2.50.